The number of thioether (sulfide) groups is 1. The third-order valence-electron chi connectivity index (χ3n) is 3.68. The van der Waals surface area contributed by atoms with Gasteiger partial charge in [0.15, 0.2) is 0 Å². The van der Waals surface area contributed by atoms with Crippen molar-refractivity contribution >= 4 is 23.4 Å². The zero-order valence-electron chi connectivity index (χ0n) is 12.7. The molecule has 0 saturated heterocycles. The standard InChI is InChI=1S/C18H18NO3S/c20-10-8-14-4-3-5-15(12-14)22-11-9-19-16-6-1-2-7-17(16)23-13-18(19)21/h1-7,12H,8-11,13H2. The summed E-state index contributed by atoms with van der Waals surface area (Å²) in [7, 11) is 0. The van der Waals surface area contributed by atoms with Gasteiger partial charge in [-0.1, -0.05) is 24.3 Å². The van der Waals surface area contributed by atoms with Gasteiger partial charge in [-0.05, 0) is 36.2 Å². The molecule has 1 heterocycles. The second kappa shape index (κ2) is 7.53. The number of amides is 1. The van der Waals surface area contributed by atoms with Crippen LogP contribution in [0.3, 0.4) is 0 Å². The fourth-order valence-electron chi connectivity index (χ4n) is 2.56. The summed E-state index contributed by atoms with van der Waals surface area (Å²) in [5.74, 6) is 1.32. The van der Waals surface area contributed by atoms with Gasteiger partial charge in [0, 0.05) is 4.90 Å². The third kappa shape index (κ3) is 3.86. The van der Waals surface area contributed by atoms with Crippen molar-refractivity contribution in [2.45, 2.75) is 11.3 Å². The number of para-hydroxylation sites is 1. The Morgan fingerprint density at radius 2 is 2.00 bits per heavy atom. The molecule has 3 rings (SSSR count). The zero-order chi connectivity index (χ0) is 16.1. The lowest BCUT2D eigenvalue weighted by Gasteiger charge is -2.28. The highest BCUT2D eigenvalue weighted by Gasteiger charge is 2.23. The van der Waals surface area contributed by atoms with Crippen molar-refractivity contribution in [2.75, 3.05) is 30.4 Å². The van der Waals surface area contributed by atoms with Gasteiger partial charge in [0.25, 0.3) is 0 Å². The maximum Gasteiger partial charge on any atom is 0.237 e. The van der Waals surface area contributed by atoms with E-state index in [2.05, 4.69) is 0 Å². The van der Waals surface area contributed by atoms with Crippen LogP contribution in [0.2, 0.25) is 0 Å². The third-order valence-corrected chi connectivity index (χ3v) is 4.73. The van der Waals surface area contributed by atoms with E-state index in [0.29, 0.717) is 25.3 Å². The van der Waals surface area contributed by atoms with Gasteiger partial charge < -0.3 is 9.64 Å². The van der Waals surface area contributed by atoms with Crippen molar-refractivity contribution in [1.82, 2.24) is 0 Å². The van der Waals surface area contributed by atoms with Crippen LogP contribution in [0.1, 0.15) is 5.56 Å². The molecule has 1 aliphatic heterocycles. The van der Waals surface area contributed by atoms with Crippen molar-refractivity contribution in [3.8, 4) is 5.75 Å². The molecule has 1 amide bonds. The largest absolute Gasteiger partial charge is 0.492 e. The first-order valence-electron chi connectivity index (χ1n) is 7.60. The van der Waals surface area contributed by atoms with Crippen LogP contribution in [-0.2, 0) is 16.3 Å². The molecule has 1 aliphatic rings. The normalized spacial score (nSPS) is 13.8. The molecule has 0 fully saturated rings. The van der Waals surface area contributed by atoms with Crippen LogP contribution >= 0.6 is 11.8 Å². The number of benzene rings is 2. The molecule has 0 aromatic heterocycles. The molecular weight excluding hydrogens is 310 g/mol. The highest BCUT2D eigenvalue weighted by molar-refractivity contribution is 8.00. The van der Waals surface area contributed by atoms with Crippen molar-refractivity contribution in [2.24, 2.45) is 0 Å². The SMILES string of the molecule is [O]CCc1cccc(OCCN2C(=O)CSc3ccccc32)c1. The second-order valence-corrected chi connectivity index (χ2v) is 6.27. The Morgan fingerprint density at radius 3 is 2.87 bits per heavy atom. The van der Waals surface area contributed by atoms with Gasteiger partial charge in [-0.2, -0.15) is 0 Å². The molecule has 0 bridgehead atoms. The minimum Gasteiger partial charge on any atom is -0.492 e. The van der Waals surface area contributed by atoms with Crippen LogP contribution in [0.25, 0.3) is 0 Å². The van der Waals surface area contributed by atoms with E-state index in [1.165, 1.54) is 0 Å². The minimum atomic E-state index is -0.125. The Hall–Kier alpha value is -1.98. The van der Waals surface area contributed by atoms with Gasteiger partial charge in [-0.25, -0.2) is 5.11 Å². The van der Waals surface area contributed by atoms with Crippen LogP contribution in [0.5, 0.6) is 5.75 Å². The monoisotopic (exact) mass is 328 g/mol. The summed E-state index contributed by atoms with van der Waals surface area (Å²) in [6.07, 6.45) is 0.506. The lowest BCUT2D eigenvalue weighted by atomic mass is 10.1. The molecular formula is C18H18NO3S. The number of anilines is 1. The molecule has 0 atom stereocenters. The van der Waals surface area contributed by atoms with Crippen molar-refractivity contribution < 1.29 is 14.6 Å². The number of carbonyl (C=O) groups is 1. The van der Waals surface area contributed by atoms with Crippen LogP contribution in [0.4, 0.5) is 5.69 Å². The Labute approximate surface area is 140 Å². The van der Waals surface area contributed by atoms with E-state index in [1.807, 2.05) is 48.5 Å². The fraction of sp³-hybridized carbons (Fsp3) is 0.278. The number of carbonyl (C=O) groups excluding carboxylic acids is 1. The average molecular weight is 328 g/mol. The second-order valence-electron chi connectivity index (χ2n) is 5.25. The first-order valence-corrected chi connectivity index (χ1v) is 8.58. The van der Waals surface area contributed by atoms with Gasteiger partial charge in [0.05, 0.1) is 24.6 Å². The predicted octanol–water partition coefficient (Wildman–Crippen LogP) is 3.18. The first kappa shape index (κ1) is 15.9. The summed E-state index contributed by atoms with van der Waals surface area (Å²) < 4.78 is 5.76. The quantitative estimate of drug-likeness (QED) is 0.818. The van der Waals surface area contributed by atoms with E-state index >= 15 is 0 Å². The van der Waals surface area contributed by atoms with Gasteiger partial charge in [-0.15, -0.1) is 11.8 Å². The fourth-order valence-corrected chi connectivity index (χ4v) is 3.50. The Kier molecular flexibility index (Phi) is 5.20. The Bertz CT molecular complexity index is 689. The number of hydrogen-bond acceptors (Lipinski definition) is 3. The van der Waals surface area contributed by atoms with Gasteiger partial charge in [-0.3, -0.25) is 4.79 Å². The van der Waals surface area contributed by atoms with Crippen molar-refractivity contribution in [1.29, 1.82) is 0 Å². The lowest BCUT2D eigenvalue weighted by Crippen LogP contribution is -2.38. The number of ether oxygens (including phenoxy) is 1. The van der Waals surface area contributed by atoms with Crippen LogP contribution in [0, 0.1) is 0 Å². The van der Waals surface area contributed by atoms with E-state index in [0.717, 1.165) is 21.9 Å². The molecule has 23 heavy (non-hydrogen) atoms. The topological polar surface area (TPSA) is 49.4 Å². The molecule has 4 nitrogen and oxygen atoms in total. The van der Waals surface area contributed by atoms with Crippen LogP contribution in [0.15, 0.2) is 53.4 Å². The number of nitrogens with zero attached hydrogens (tertiary/aromatic N) is 1. The summed E-state index contributed by atoms with van der Waals surface area (Å²) >= 11 is 1.58. The minimum absolute atomic E-state index is 0.109. The smallest absolute Gasteiger partial charge is 0.237 e. The number of hydrogen-bond donors (Lipinski definition) is 0. The summed E-state index contributed by atoms with van der Waals surface area (Å²) in [4.78, 5) is 15.1. The summed E-state index contributed by atoms with van der Waals surface area (Å²) in [5, 5.41) is 10.7. The van der Waals surface area contributed by atoms with E-state index in [4.69, 9.17) is 4.74 Å². The maximum absolute atomic E-state index is 12.2. The molecule has 0 unspecified atom stereocenters. The summed E-state index contributed by atoms with van der Waals surface area (Å²) in [5.41, 5.74) is 1.94. The molecule has 2 aromatic carbocycles. The lowest BCUT2D eigenvalue weighted by molar-refractivity contribution is -0.116. The van der Waals surface area contributed by atoms with Crippen molar-refractivity contribution in [3.63, 3.8) is 0 Å². The van der Waals surface area contributed by atoms with E-state index in [9.17, 15) is 9.90 Å². The predicted molar refractivity (Wildman–Crippen MR) is 90.7 cm³/mol. The molecule has 2 aromatic rings. The molecule has 1 radical (unpaired) electrons. The van der Waals surface area contributed by atoms with E-state index in [-0.39, 0.29) is 12.5 Å². The molecule has 119 valence electrons. The number of fused-ring (bicyclic) bond motifs is 1. The van der Waals surface area contributed by atoms with Crippen LogP contribution in [-0.4, -0.2) is 31.4 Å². The maximum atomic E-state index is 12.2. The molecule has 0 spiro atoms. The Balaban J connectivity index is 1.62. The van der Waals surface area contributed by atoms with Gasteiger partial charge in [0.1, 0.15) is 12.4 Å². The molecule has 5 heteroatoms. The molecule has 0 saturated carbocycles. The van der Waals surface area contributed by atoms with Gasteiger partial charge >= 0.3 is 0 Å². The highest BCUT2D eigenvalue weighted by atomic mass is 32.2. The first-order chi connectivity index (χ1) is 11.3. The zero-order valence-corrected chi connectivity index (χ0v) is 13.6. The van der Waals surface area contributed by atoms with Crippen molar-refractivity contribution in [3.05, 3.63) is 54.1 Å². The summed E-state index contributed by atoms with van der Waals surface area (Å²) in [6, 6.07) is 15.5. The van der Waals surface area contributed by atoms with Crippen LogP contribution < -0.4 is 9.64 Å². The molecule has 0 N–H and O–H groups in total. The summed E-state index contributed by atoms with van der Waals surface area (Å²) in [6.45, 7) is 0.813. The average Bonchev–Trinajstić information content (AvgIpc) is 2.58. The van der Waals surface area contributed by atoms with E-state index in [1.54, 1.807) is 16.7 Å². The highest BCUT2D eigenvalue weighted by Crippen LogP contribution is 2.34. The van der Waals surface area contributed by atoms with Gasteiger partial charge in [0.2, 0.25) is 5.91 Å². The number of rotatable bonds is 6. The Morgan fingerprint density at radius 1 is 1.13 bits per heavy atom. The molecule has 0 aliphatic carbocycles. The van der Waals surface area contributed by atoms with E-state index < -0.39 is 0 Å².